The van der Waals surface area contributed by atoms with Gasteiger partial charge >= 0.3 is 37.7 Å². The minimum absolute atomic E-state index is 0. The number of carbonyl (C=O) groups is 2. The summed E-state index contributed by atoms with van der Waals surface area (Å²) in [5.41, 5.74) is 8.76. The first-order chi connectivity index (χ1) is 29.8. The zero-order valence-corrected chi connectivity index (χ0v) is 36.7. The van der Waals surface area contributed by atoms with Gasteiger partial charge in [-0.25, -0.2) is 8.78 Å². The van der Waals surface area contributed by atoms with Crippen LogP contribution in [0.15, 0.2) is 109 Å². The molecule has 4 aromatic carbocycles. The van der Waals surface area contributed by atoms with Gasteiger partial charge in [0.1, 0.15) is 11.6 Å². The number of aliphatic hydroxyl groups is 4. The van der Waals surface area contributed by atoms with Crippen molar-refractivity contribution < 1.29 is 49.0 Å². The molecular weight excluding hydrogens is 835 g/mol. The molecule has 63 heavy (non-hydrogen) atoms. The van der Waals surface area contributed by atoms with Crippen LogP contribution in [-0.4, -0.2) is 104 Å². The molecule has 6 aromatic rings. The van der Waals surface area contributed by atoms with E-state index in [0.717, 1.165) is 92.3 Å². The number of benzene rings is 4. The zero-order valence-electron chi connectivity index (χ0n) is 34.4. The molecule has 4 N–H and O–H groups in total. The molecule has 0 radical (unpaired) electrons. The van der Waals surface area contributed by atoms with E-state index in [9.17, 15) is 49.0 Å². The van der Waals surface area contributed by atoms with Gasteiger partial charge in [0.15, 0.2) is 0 Å². The van der Waals surface area contributed by atoms with Gasteiger partial charge in [-0.1, -0.05) is 85.0 Å². The fraction of sp³-hybridized carbons (Fsp3) is 0.280. The molecule has 10 nitrogen and oxygen atoms in total. The van der Waals surface area contributed by atoms with Gasteiger partial charge in [0, 0.05) is 82.5 Å². The first-order valence-corrected chi connectivity index (χ1v) is 20.7. The Morgan fingerprint density at radius 2 is 0.937 bits per heavy atom. The molecule has 8 rings (SSSR count). The van der Waals surface area contributed by atoms with Gasteiger partial charge in [0.05, 0.1) is 46.8 Å². The van der Waals surface area contributed by atoms with Gasteiger partial charge in [0.2, 0.25) is 0 Å². The second-order valence-electron chi connectivity index (χ2n) is 16.0. The maximum atomic E-state index is 13.6. The number of hydrogen-bond acceptors (Lipinski definition) is 10. The molecule has 2 aromatic heterocycles. The van der Waals surface area contributed by atoms with Crippen LogP contribution in [0.25, 0.3) is 56.2 Å². The molecular formula is C50H46CaF2N2O8. The maximum Gasteiger partial charge on any atom is 2.00 e. The van der Waals surface area contributed by atoms with Crippen molar-refractivity contribution >= 4 is 83.6 Å². The average molecular weight is 881 g/mol. The summed E-state index contributed by atoms with van der Waals surface area (Å²) in [6.45, 7) is 0. The molecule has 0 saturated heterocycles. The van der Waals surface area contributed by atoms with Crippen molar-refractivity contribution in [3.05, 3.63) is 143 Å². The Labute approximate surface area is 393 Å². The molecule has 320 valence electrons. The van der Waals surface area contributed by atoms with Crippen molar-refractivity contribution in [2.24, 2.45) is 0 Å². The summed E-state index contributed by atoms with van der Waals surface area (Å²) < 4.78 is 27.1. The Morgan fingerprint density at radius 3 is 1.27 bits per heavy atom. The fourth-order valence-electron chi connectivity index (χ4n) is 7.70. The van der Waals surface area contributed by atoms with Crippen LogP contribution >= 0.6 is 0 Å². The molecule has 2 fully saturated rings. The summed E-state index contributed by atoms with van der Waals surface area (Å²) in [7, 11) is 0. The molecule has 0 bridgehead atoms. The van der Waals surface area contributed by atoms with Crippen molar-refractivity contribution in [3.63, 3.8) is 0 Å². The number of hydrogen-bond donors (Lipinski definition) is 4. The Hall–Kier alpha value is -4.92. The van der Waals surface area contributed by atoms with Gasteiger partial charge < -0.3 is 40.2 Å². The average Bonchev–Trinajstić information content (AvgIpc) is 4.17. The first-order valence-electron chi connectivity index (χ1n) is 20.7. The summed E-state index contributed by atoms with van der Waals surface area (Å²) >= 11 is 0. The van der Waals surface area contributed by atoms with Crippen LogP contribution in [0, 0.1) is 11.6 Å². The zero-order chi connectivity index (χ0) is 43.9. The van der Waals surface area contributed by atoms with Gasteiger partial charge in [-0.05, 0) is 73.2 Å². The maximum absolute atomic E-state index is 13.6. The van der Waals surface area contributed by atoms with E-state index in [1.165, 1.54) is 24.3 Å². The third-order valence-electron chi connectivity index (χ3n) is 10.9. The largest absolute Gasteiger partial charge is 2.00 e. The second-order valence-corrected chi connectivity index (χ2v) is 16.0. The normalized spacial score (nSPS) is 15.7. The number of rotatable bonds is 16. The van der Waals surface area contributed by atoms with E-state index < -0.39 is 49.2 Å². The molecule has 4 atom stereocenters. The second kappa shape index (κ2) is 21.6. The first kappa shape index (κ1) is 47.6. The Bertz CT molecular complexity index is 2430. The fourth-order valence-corrected chi connectivity index (χ4v) is 7.70. The molecule has 0 spiro atoms. The van der Waals surface area contributed by atoms with E-state index in [1.807, 2.05) is 48.5 Å². The molecule has 0 aliphatic heterocycles. The number of carboxylic acids is 2. The predicted octanol–water partition coefficient (Wildman–Crippen LogP) is 5.99. The minimum Gasteiger partial charge on any atom is -0.550 e. The summed E-state index contributed by atoms with van der Waals surface area (Å²) in [4.78, 5) is 31.0. The van der Waals surface area contributed by atoms with E-state index >= 15 is 0 Å². The van der Waals surface area contributed by atoms with Crippen molar-refractivity contribution in [1.82, 2.24) is 9.97 Å². The van der Waals surface area contributed by atoms with Crippen LogP contribution in [-0.2, 0) is 9.59 Å². The van der Waals surface area contributed by atoms with Crippen LogP contribution in [0.5, 0.6) is 0 Å². The number of aliphatic hydroxyl groups excluding tert-OH is 4. The van der Waals surface area contributed by atoms with Gasteiger partial charge in [-0.2, -0.15) is 0 Å². The Balaban J connectivity index is 0.000000206. The number of aromatic nitrogens is 2. The van der Waals surface area contributed by atoms with Gasteiger partial charge in [0.25, 0.3) is 0 Å². The molecule has 4 unspecified atom stereocenters. The number of halogens is 2. The number of fused-ring (bicyclic) bond motifs is 2. The molecule has 2 heterocycles. The number of carbonyl (C=O) groups excluding carboxylic acids is 2. The summed E-state index contributed by atoms with van der Waals surface area (Å²) in [6.07, 6.45) is 5.02. The predicted molar refractivity (Wildman–Crippen MR) is 235 cm³/mol. The van der Waals surface area contributed by atoms with Crippen LogP contribution in [0.3, 0.4) is 0 Å². The summed E-state index contributed by atoms with van der Waals surface area (Å²) in [5, 5.41) is 63.3. The van der Waals surface area contributed by atoms with E-state index in [2.05, 4.69) is 0 Å². The van der Waals surface area contributed by atoms with Crippen LogP contribution in [0.2, 0.25) is 0 Å². The standard InChI is InChI=1S/2C25H24FNO4.Ca/c2*26-17-9-7-15(8-10-17)24-20-3-1-2-4-22(20)27-25(16-5-6-16)21(24)12-11-18(28)13-19(29)14-23(30)31;/h2*1-4,7-12,16,18-19,28-29H,5-6,13-14H2,(H,30,31);/q;;+2/p-2/b12-11+;;. The number of aliphatic carboxylic acids is 2. The van der Waals surface area contributed by atoms with Crippen molar-refractivity contribution in [2.75, 3.05) is 0 Å². The van der Waals surface area contributed by atoms with Crippen LogP contribution < -0.4 is 10.2 Å². The van der Waals surface area contributed by atoms with Crippen LogP contribution in [0.1, 0.15) is 85.7 Å². The SMILES string of the molecule is O=C([O-])CC(O)CC(O)/C=C/c1c(C2CC2)nc2ccccc2c1-c1ccc(F)cc1.O=C([O-])CC(O)CC(O)C=Cc1c(C2CC2)nc2ccccc2c1-c1ccc(F)cc1.[Ca+2]. The number of nitrogens with zero attached hydrogens (tertiary/aromatic N) is 2. The molecule has 0 amide bonds. The number of pyridine rings is 2. The summed E-state index contributed by atoms with van der Waals surface area (Å²) in [5.74, 6) is -2.72. The molecule has 2 saturated carbocycles. The van der Waals surface area contributed by atoms with Crippen LogP contribution in [0.4, 0.5) is 8.78 Å². The van der Waals surface area contributed by atoms with E-state index in [-0.39, 0.29) is 62.2 Å². The Morgan fingerprint density at radius 1 is 0.587 bits per heavy atom. The molecule has 2 aliphatic carbocycles. The topological polar surface area (TPSA) is 187 Å². The third kappa shape index (κ3) is 12.6. The van der Waals surface area contributed by atoms with Crippen molar-refractivity contribution in [1.29, 1.82) is 0 Å². The number of para-hydroxylation sites is 2. The molecule has 2 aliphatic rings. The minimum atomic E-state index is -1.36. The van der Waals surface area contributed by atoms with Crippen molar-refractivity contribution in [3.8, 4) is 22.3 Å². The van der Waals surface area contributed by atoms with Crippen molar-refractivity contribution in [2.45, 2.75) is 87.6 Å². The summed E-state index contributed by atoms with van der Waals surface area (Å²) in [6, 6.07) is 28.1. The van der Waals surface area contributed by atoms with Gasteiger partial charge in [-0.3, -0.25) is 9.97 Å². The van der Waals surface area contributed by atoms with E-state index in [0.29, 0.717) is 11.8 Å². The Kier molecular flexibility index (Phi) is 16.3. The van der Waals surface area contributed by atoms with Gasteiger partial charge in [-0.15, -0.1) is 0 Å². The number of carboxylic acid groups (broad SMARTS) is 2. The quantitative estimate of drug-likeness (QED) is 0.0843. The monoisotopic (exact) mass is 880 g/mol. The molecule has 13 heteroatoms. The van der Waals surface area contributed by atoms with E-state index in [4.69, 9.17) is 9.97 Å². The third-order valence-corrected chi connectivity index (χ3v) is 10.9. The van der Waals surface area contributed by atoms with E-state index in [1.54, 1.807) is 48.6 Å². The smallest absolute Gasteiger partial charge is 0.550 e.